The number of hydrogen-bond donors (Lipinski definition) is 3. The van der Waals surface area contributed by atoms with Gasteiger partial charge in [0, 0.05) is 49.6 Å². The van der Waals surface area contributed by atoms with Crippen molar-refractivity contribution in [3.63, 3.8) is 0 Å². The first-order chi connectivity index (χ1) is 15.7. The van der Waals surface area contributed by atoms with Crippen molar-refractivity contribution in [1.82, 2.24) is 10.6 Å². The predicted molar refractivity (Wildman–Crippen MR) is 126 cm³/mol. The molecule has 7 heteroatoms. The Morgan fingerprint density at radius 2 is 1.88 bits per heavy atom. The Hall–Kier alpha value is -2.51. The zero-order valence-electron chi connectivity index (χ0n) is 19.7. The molecule has 0 aliphatic carbocycles. The molecule has 1 amide bonds. The third-order valence-electron chi connectivity index (χ3n) is 6.01. The van der Waals surface area contributed by atoms with Gasteiger partial charge in [-0.1, -0.05) is 26.0 Å². The van der Waals surface area contributed by atoms with E-state index in [2.05, 4.69) is 36.6 Å². The van der Waals surface area contributed by atoms with E-state index in [-0.39, 0.29) is 18.4 Å². The first kappa shape index (κ1) is 25.1. The molecule has 4 N–H and O–H groups in total. The number of nitrogens with one attached hydrogen (secondary N) is 2. The molecular weight excluding hydrogens is 424 g/mol. The van der Waals surface area contributed by atoms with Crippen LogP contribution >= 0.6 is 0 Å². The number of hydrogen-bond acceptors (Lipinski definition) is 4. The summed E-state index contributed by atoms with van der Waals surface area (Å²) < 4.78 is 33.1. The second kappa shape index (κ2) is 11.6. The van der Waals surface area contributed by atoms with Crippen LogP contribution in [0.5, 0.6) is 5.75 Å². The van der Waals surface area contributed by atoms with Crippen LogP contribution in [0.1, 0.15) is 56.3 Å². The van der Waals surface area contributed by atoms with Crippen molar-refractivity contribution in [1.29, 1.82) is 0 Å². The summed E-state index contributed by atoms with van der Waals surface area (Å²) in [4.78, 5) is 11.7. The van der Waals surface area contributed by atoms with Crippen molar-refractivity contribution in [3.05, 3.63) is 64.7 Å². The predicted octanol–water partition coefficient (Wildman–Crippen LogP) is 4.04. The quantitative estimate of drug-likeness (QED) is 0.501. The average Bonchev–Trinajstić information content (AvgIpc) is 2.74. The lowest BCUT2D eigenvalue weighted by atomic mass is 9.94. The van der Waals surface area contributed by atoms with Crippen LogP contribution < -0.4 is 21.1 Å². The Bertz CT molecular complexity index is 931. The molecule has 0 saturated carbocycles. The van der Waals surface area contributed by atoms with Gasteiger partial charge in [-0.2, -0.15) is 0 Å². The van der Waals surface area contributed by atoms with Crippen LogP contribution in [0, 0.1) is 17.6 Å². The van der Waals surface area contributed by atoms with E-state index in [9.17, 15) is 13.6 Å². The summed E-state index contributed by atoms with van der Waals surface area (Å²) in [5.74, 6) is -0.00927. The van der Waals surface area contributed by atoms with Crippen molar-refractivity contribution in [3.8, 4) is 5.75 Å². The third-order valence-corrected chi connectivity index (χ3v) is 6.01. The van der Waals surface area contributed by atoms with Crippen molar-refractivity contribution in [2.45, 2.75) is 64.6 Å². The number of nitrogens with two attached hydrogens (primary N) is 1. The van der Waals surface area contributed by atoms with Gasteiger partial charge in [0.05, 0.1) is 6.61 Å². The largest absolute Gasteiger partial charge is 0.493 e. The highest BCUT2D eigenvalue weighted by atomic mass is 19.1. The number of rotatable bonds is 10. The minimum absolute atomic E-state index is 0.0865. The first-order valence-corrected chi connectivity index (χ1v) is 11.7. The molecule has 180 valence electrons. The van der Waals surface area contributed by atoms with E-state index in [1.807, 2.05) is 6.07 Å². The molecule has 1 aliphatic rings. The standard InChI is InChI=1S/C26H35F2N3O2/c1-16(2)4-5-18-6-7-26-22(12-18)24(8-9-33-26)30-15-23(29)25(31-17(3)32)13-19-10-20(27)14-21(28)11-19/h6-7,10-12,14,16,23-25,30H,4-5,8-9,13,15,29H2,1-3H3,(H,31,32)/t23-,24+,25+/m1/s1. The number of amides is 1. The lowest BCUT2D eigenvalue weighted by Gasteiger charge is -2.31. The fraction of sp³-hybridized carbons (Fsp3) is 0.500. The Labute approximate surface area is 195 Å². The van der Waals surface area contributed by atoms with E-state index in [0.717, 1.165) is 36.6 Å². The van der Waals surface area contributed by atoms with Gasteiger partial charge in [-0.15, -0.1) is 0 Å². The molecule has 0 aromatic heterocycles. The summed E-state index contributed by atoms with van der Waals surface area (Å²) in [7, 11) is 0. The Morgan fingerprint density at radius 3 is 2.55 bits per heavy atom. The fourth-order valence-corrected chi connectivity index (χ4v) is 4.24. The van der Waals surface area contributed by atoms with Crippen molar-refractivity contribution in [2.24, 2.45) is 11.7 Å². The monoisotopic (exact) mass is 459 g/mol. The molecule has 0 spiro atoms. The highest BCUT2D eigenvalue weighted by molar-refractivity contribution is 5.73. The molecule has 3 atom stereocenters. The molecule has 1 heterocycles. The maximum absolute atomic E-state index is 13.6. The van der Waals surface area contributed by atoms with Gasteiger partial charge >= 0.3 is 0 Å². The zero-order chi connectivity index (χ0) is 24.0. The van der Waals surface area contributed by atoms with Crippen LogP contribution in [0.4, 0.5) is 8.78 Å². The summed E-state index contributed by atoms with van der Waals surface area (Å²) >= 11 is 0. The molecule has 0 fully saturated rings. The number of benzene rings is 2. The van der Waals surface area contributed by atoms with E-state index < -0.39 is 23.7 Å². The van der Waals surface area contributed by atoms with Crippen LogP contribution in [0.2, 0.25) is 0 Å². The summed E-state index contributed by atoms with van der Waals surface area (Å²) in [6.45, 7) is 6.90. The van der Waals surface area contributed by atoms with Crippen LogP contribution in [0.25, 0.3) is 0 Å². The van der Waals surface area contributed by atoms with Gasteiger partial charge in [0.15, 0.2) is 0 Å². The smallest absolute Gasteiger partial charge is 0.217 e. The van der Waals surface area contributed by atoms with Gasteiger partial charge in [0.2, 0.25) is 5.91 Å². The zero-order valence-corrected chi connectivity index (χ0v) is 19.7. The van der Waals surface area contributed by atoms with Gasteiger partial charge < -0.3 is 21.1 Å². The summed E-state index contributed by atoms with van der Waals surface area (Å²) in [6, 6.07) is 8.91. The van der Waals surface area contributed by atoms with Gasteiger partial charge in [0.1, 0.15) is 17.4 Å². The van der Waals surface area contributed by atoms with Crippen LogP contribution in [0.3, 0.4) is 0 Å². The molecule has 2 aromatic carbocycles. The number of carbonyl (C=O) groups is 1. The summed E-state index contributed by atoms with van der Waals surface area (Å²) in [5.41, 5.74) is 9.30. The van der Waals surface area contributed by atoms with Gasteiger partial charge in [-0.3, -0.25) is 4.79 Å². The summed E-state index contributed by atoms with van der Waals surface area (Å²) in [5, 5.41) is 6.36. The molecule has 0 saturated heterocycles. The molecule has 0 bridgehead atoms. The van der Waals surface area contributed by atoms with Gasteiger partial charge in [0.25, 0.3) is 0 Å². The Balaban J connectivity index is 1.68. The van der Waals surface area contributed by atoms with Gasteiger partial charge in [-0.25, -0.2) is 8.78 Å². The fourth-order valence-electron chi connectivity index (χ4n) is 4.24. The molecule has 0 unspecified atom stereocenters. The second-order valence-electron chi connectivity index (χ2n) is 9.36. The second-order valence-corrected chi connectivity index (χ2v) is 9.36. The first-order valence-electron chi connectivity index (χ1n) is 11.7. The highest BCUT2D eigenvalue weighted by Crippen LogP contribution is 2.33. The minimum Gasteiger partial charge on any atom is -0.493 e. The number of halogens is 2. The van der Waals surface area contributed by atoms with Crippen LogP contribution in [0.15, 0.2) is 36.4 Å². The van der Waals surface area contributed by atoms with Crippen molar-refractivity contribution in [2.75, 3.05) is 13.2 Å². The average molecular weight is 460 g/mol. The van der Waals surface area contributed by atoms with Crippen molar-refractivity contribution >= 4 is 5.91 Å². The van der Waals surface area contributed by atoms with E-state index in [1.54, 1.807) is 0 Å². The van der Waals surface area contributed by atoms with E-state index >= 15 is 0 Å². The van der Waals surface area contributed by atoms with E-state index in [1.165, 1.54) is 24.6 Å². The molecule has 3 rings (SSSR count). The lowest BCUT2D eigenvalue weighted by molar-refractivity contribution is -0.119. The number of carbonyl (C=O) groups excluding carboxylic acids is 1. The number of fused-ring (bicyclic) bond motifs is 1. The Morgan fingerprint density at radius 1 is 1.15 bits per heavy atom. The maximum atomic E-state index is 13.6. The molecule has 1 aliphatic heterocycles. The number of ether oxygens (including phenoxy) is 1. The lowest BCUT2D eigenvalue weighted by Crippen LogP contribution is -2.53. The van der Waals surface area contributed by atoms with Gasteiger partial charge in [-0.05, 0) is 54.5 Å². The molecular formula is C26H35F2N3O2. The normalized spacial score (nSPS) is 17.2. The minimum atomic E-state index is -0.648. The van der Waals surface area contributed by atoms with E-state index in [0.29, 0.717) is 24.6 Å². The third kappa shape index (κ3) is 7.51. The highest BCUT2D eigenvalue weighted by Gasteiger charge is 2.25. The van der Waals surface area contributed by atoms with Crippen molar-refractivity contribution < 1.29 is 18.3 Å². The molecule has 33 heavy (non-hydrogen) atoms. The topological polar surface area (TPSA) is 76.4 Å². The molecule has 5 nitrogen and oxygen atoms in total. The molecule has 0 radical (unpaired) electrons. The maximum Gasteiger partial charge on any atom is 0.217 e. The summed E-state index contributed by atoms with van der Waals surface area (Å²) in [6.07, 6.45) is 3.20. The Kier molecular flexibility index (Phi) is 8.80. The van der Waals surface area contributed by atoms with Crippen LogP contribution in [-0.4, -0.2) is 31.1 Å². The van der Waals surface area contributed by atoms with Crippen LogP contribution in [-0.2, 0) is 17.6 Å². The van der Waals surface area contributed by atoms with E-state index in [4.69, 9.17) is 10.5 Å². The SMILES string of the molecule is CC(=O)N[C@@H](Cc1cc(F)cc(F)c1)[C@H](N)CN[C@H]1CCOc2ccc(CCC(C)C)cc21. The molecule has 2 aromatic rings. The number of aryl methyl sites for hydroxylation is 1.